The maximum absolute atomic E-state index is 13.7. The maximum Gasteiger partial charge on any atom is 0.408 e. The predicted molar refractivity (Wildman–Crippen MR) is 154 cm³/mol. The van der Waals surface area contributed by atoms with Gasteiger partial charge in [-0.15, -0.1) is 0 Å². The Morgan fingerprint density at radius 3 is 1.85 bits per heavy atom. The summed E-state index contributed by atoms with van der Waals surface area (Å²) in [7, 11) is -4.04. The van der Waals surface area contributed by atoms with Gasteiger partial charge in [-0.2, -0.15) is 0 Å². The summed E-state index contributed by atoms with van der Waals surface area (Å²) < 4.78 is 24.3. The number of hydrogen-bond donors (Lipinski definition) is 2. The van der Waals surface area contributed by atoms with E-state index in [9.17, 15) is 19.0 Å². The quantitative estimate of drug-likeness (QED) is 0.145. The number of rotatable bonds is 12. The Kier molecular flexibility index (Phi) is 10.3. The first-order valence-electron chi connectivity index (χ1n) is 13.0. The zero-order valence-corrected chi connectivity index (χ0v) is 22.9. The number of hydrogen-bond acceptors (Lipinski definition) is 5. The highest BCUT2D eigenvalue weighted by atomic mass is 31.2. The van der Waals surface area contributed by atoms with Crippen molar-refractivity contribution in [2.75, 3.05) is 0 Å². The van der Waals surface area contributed by atoms with E-state index in [-0.39, 0.29) is 32.2 Å². The van der Waals surface area contributed by atoms with Crippen molar-refractivity contribution < 1.29 is 28.5 Å². The first-order valence-corrected chi connectivity index (χ1v) is 14.9. The average molecular weight is 558 g/mol. The van der Waals surface area contributed by atoms with E-state index < -0.39 is 25.2 Å². The summed E-state index contributed by atoms with van der Waals surface area (Å²) in [6, 6.07) is 35.5. The van der Waals surface area contributed by atoms with E-state index >= 15 is 0 Å². The van der Waals surface area contributed by atoms with Crippen LogP contribution in [0.5, 0.6) is 0 Å². The Bertz CT molecular complexity index is 1430. The Morgan fingerprint density at radius 2 is 1.23 bits per heavy atom. The minimum absolute atomic E-state index is 0.00730. The molecule has 40 heavy (non-hydrogen) atoms. The highest BCUT2D eigenvalue weighted by molar-refractivity contribution is 7.57. The summed E-state index contributed by atoms with van der Waals surface area (Å²) in [6.45, 7) is 0.104. The van der Waals surface area contributed by atoms with Crippen LogP contribution >= 0.6 is 7.37 Å². The predicted octanol–water partition coefficient (Wildman–Crippen LogP) is 6.90. The van der Waals surface area contributed by atoms with Gasteiger partial charge in [0.2, 0.25) is 7.37 Å². The van der Waals surface area contributed by atoms with Crippen LogP contribution in [0, 0.1) is 0 Å². The third kappa shape index (κ3) is 8.94. The molecule has 0 spiro atoms. The van der Waals surface area contributed by atoms with E-state index in [1.54, 1.807) is 6.07 Å². The van der Waals surface area contributed by atoms with Crippen LogP contribution in [0.15, 0.2) is 115 Å². The normalized spacial score (nSPS) is 13.0. The van der Waals surface area contributed by atoms with Crippen LogP contribution in [-0.2, 0) is 38.2 Å². The van der Waals surface area contributed by atoms with Gasteiger partial charge in [0, 0.05) is 6.42 Å². The molecular formula is C32H32NO6P. The van der Waals surface area contributed by atoms with Crippen molar-refractivity contribution in [2.24, 2.45) is 0 Å². The third-order valence-electron chi connectivity index (χ3n) is 6.29. The fraction of sp³-hybridized carbons (Fsp3) is 0.188. The molecule has 0 aliphatic heterocycles. The molecule has 0 fully saturated rings. The first kappa shape index (κ1) is 28.8. The van der Waals surface area contributed by atoms with E-state index in [0.29, 0.717) is 5.56 Å². The summed E-state index contributed by atoms with van der Waals surface area (Å²) in [5.41, 5.74) is 4.15. The zero-order chi connectivity index (χ0) is 28.2. The Balaban J connectivity index is 1.43. The monoisotopic (exact) mass is 557 g/mol. The Labute approximate surface area is 234 Å². The second kappa shape index (κ2) is 14.3. The van der Waals surface area contributed by atoms with Crippen molar-refractivity contribution in [3.8, 4) is 11.1 Å². The molecule has 0 radical (unpaired) electrons. The molecule has 0 aromatic heterocycles. The molecular weight excluding hydrogens is 525 g/mol. The number of nitrogens with one attached hydrogen (secondary N) is 1. The van der Waals surface area contributed by atoms with Gasteiger partial charge >= 0.3 is 12.1 Å². The maximum atomic E-state index is 13.7. The molecule has 0 bridgehead atoms. The van der Waals surface area contributed by atoms with Gasteiger partial charge in [-0.1, -0.05) is 115 Å². The lowest BCUT2D eigenvalue weighted by atomic mass is 10.0. The second-order valence-corrected chi connectivity index (χ2v) is 11.8. The molecule has 206 valence electrons. The van der Waals surface area contributed by atoms with Crippen LogP contribution < -0.4 is 5.32 Å². The molecule has 7 nitrogen and oxygen atoms in total. The smallest absolute Gasteiger partial charge is 0.408 e. The molecule has 8 heteroatoms. The van der Waals surface area contributed by atoms with Gasteiger partial charge in [-0.3, -0.25) is 9.36 Å². The van der Waals surface area contributed by atoms with Crippen molar-refractivity contribution in [3.63, 3.8) is 0 Å². The van der Waals surface area contributed by atoms with Crippen LogP contribution in [0.25, 0.3) is 11.1 Å². The molecule has 0 saturated heterocycles. The minimum atomic E-state index is -4.04. The number of benzene rings is 4. The number of amides is 1. The molecule has 1 amide bonds. The van der Waals surface area contributed by atoms with Gasteiger partial charge in [0.25, 0.3) is 0 Å². The molecule has 2 N–H and O–H groups in total. The molecule has 4 aromatic rings. The molecule has 0 aliphatic rings. The average Bonchev–Trinajstić information content (AvgIpc) is 2.98. The highest BCUT2D eigenvalue weighted by Crippen LogP contribution is 2.50. The first-order chi connectivity index (χ1) is 19.4. The summed E-state index contributed by atoms with van der Waals surface area (Å²) >= 11 is 0. The van der Waals surface area contributed by atoms with Gasteiger partial charge in [0.1, 0.15) is 19.0 Å². The number of esters is 1. The Hall–Kier alpha value is -4.19. The largest absolute Gasteiger partial charge is 0.461 e. The van der Waals surface area contributed by atoms with E-state index in [1.807, 2.05) is 109 Å². The van der Waals surface area contributed by atoms with Crippen molar-refractivity contribution >= 4 is 19.4 Å². The van der Waals surface area contributed by atoms with Crippen molar-refractivity contribution in [1.29, 1.82) is 0 Å². The summed E-state index contributed by atoms with van der Waals surface area (Å²) in [6.07, 6.45) is -1.25. The number of ether oxygens (including phenoxy) is 2. The number of alkyl carbamates (subject to hydrolysis) is 1. The van der Waals surface area contributed by atoms with Gasteiger partial charge in [0.15, 0.2) is 0 Å². The molecule has 0 saturated carbocycles. The van der Waals surface area contributed by atoms with Gasteiger partial charge in [-0.05, 0) is 34.2 Å². The standard InChI is InChI=1S/C32H32NO6P/c34-31(38-22-25-11-4-1-5-12-25)20-19-30(33-32(35)39-23-26-13-6-2-7-14-26)40(36,37)24-27-15-10-18-29(21-27)28-16-8-3-9-17-28/h1-18,21,30H,19-20,22-24H2,(H,33,35)(H,36,37). The van der Waals surface area contributed by atoms with Crippen LogP contribution in [0.4, 0.5) is 4.79 Å². The fourth-order valence-corrected chi connectivity index (χ4v) is 5.97. The lowest BCUT2D eigenvalue weighted by Crippen LogP contribution is -2.36. The summed E-state index contributed by atoms with van der Waals surface area (Å²) in [4.78, 5) is 36.3. The lowest BCUT2D eigenvalue weighted by molar-refractivity contribution is -0.145. The van der Waals surface area contributed by atoms with Gasteiger partial charge < -0.3 is 19.7 Å². The van der Waals surface area contributed by atoms with Crippen LogP contribution in [-0.4, -0.2) is 22.7 Å². The topological polar surface area (TPSA) is 102 Å². The van der Waals surface area contributed by atoms with E-state index in [1.165, 1.54) is 0 Å². The molecule has 2 atom stereocenters. The molecule has 0 aliphatic carbocycles. The van der Waals surface area contributed by atoms with Crippen molar-refractivity contribution in [1.82, 2.24) is 5.32 Å². The van der Waals surface area contributed by atoms with E-state index in [4.69, 9.17) is 9.47 Å². The molecule has 0 heterocycles. The zero-order valence-electron chi connectivity index (χ0n) is 22.0. The number of carbonyl (C=O) groups is 2. The highest BCUT2D eigenvalue weighted by Gasteiger charge is 2.33. The van der Waals surface area contributed by atoms with Crippen LogP contribution in [0.2, 0.25) is 0 Å². The van der Waals surface area contributed by atoms with E-state index in [2.05, 4.69) is 5.32 Å². The molecule has 4 rings (SSSR count). The van der Waals surface area contributed by atoms with Gasteiger partial charge in [-0.25, -0.2) is 4.79 Å². The third-order valence-corrected chi connectivity index (χ3v) is 8.47. The molecule has 2 unspecified atom stereocenters. The fourth-order valence-electron chi connectivity index (χ4n) is 4.19. The Morgan fingerprint density at radius 1 is 0.700 bits per heavy atom. The van der Waals surface area contributed by atoms with Crippen molar-refractivity contribution in [2.45, 2.75) is 38.0 Å². The second-order valence-electron chi connectivity index (χ2n) is 9.39. The van der Waals surface area contributed by atoms with Crippen LogP contribution in [0.3, 0.4) is 0 Å². The lowest BCUT2D eigenvalue weighted by Gasteiger charge is -2.24. The number of carbonyl (C=O) groups excluding carboxylic acids is 2. The van der Waals surface area contributed by atoms with E-state index in [0.717, 1.165) is 22.3 Å². The van der Waals surface area contributed by atoms with Gasteiger partial charge in [0.05, 0.1) is 6.16 Å². The van der Waals surface area contributed by atoms with Crippen molar-refractivity contribution in [3.05, 3.63) is 132 Å². The molecule has 4 aromatic carbocycles. The SMILES string of the molecule is O=C(CCC(NC(=O)OCc1ccccc1)P(=O)(O)Cc1cccc(-c2ccccc2)c1)OCc1ccccc1. The summed E-state index contributed by atoms with van der Waals surface area (Å²) in [5.74, 6) is -1.74. The van der Waals surface area contributed by atoms with Crippen LogP contribution in [0.1, 0.15) is 29.5 Å². The minimum Gasteiger partial charge on any atom is -0.461 e. The summed E-state index contributed by atoms with van der Waals surface area (Å²) in [5, 5.41) is 2.54.